The van der Waals surface area contributed by atoms with Gasteiger partial charge in [-0.05, 0) is 61.6 Å². The summed E-state index contributed by atoms with van der Waals surface area (Å²) in [5.74, 6) is 1.26. The predicted molar refractivity (Wildman–Crippen MR) is 151 cm³/mol. The summed E-state index contributed by atoms with van der Waals surface area (Å²) < 4.78 is 1.85. The van der Waals surface area contributed by atoms with E-state index in [9.17, 15) is 4.79 Å². The van der Waals surface area contributed by atoms with Crippen LogP contribution in [0, 0.1) is 13.8 Å². The van der Waals surface area contributed by atoms with Gasteiger partial charge in [0.1, 0.15) is 6.04 Å². The molecule has 1 unspecified atom stereocenters. The highest BCUT2D eigenvalue weighted by Crippen LogP contribution is 2.37. The van der Waals surface area contributed by atoms with Crippen molar-refractivity contribution in [2.75, 3.05) is 10.6 Å². The summed E-state index contributed by atoms with van der Waals surface area (Å²) >= 11 is 1.60. The van der Waals surface area contributed by atoms with Gasteiger partial charge in [0.25, 0.3) is 5.91 Å². The van der Waals surface area contributed by atoms with E-state index in [2.05, 4.69) is 73.9 Å². The highest BCUT2D eigenvalue weighted by Gasteiger charge is 2.34. The first-order chi connectivity index (χ1) is 17.9. The van der Waals surface area contributed by atoms with E-state index in [1.165, 1.54) is 22.3 Å². The smallest absolute Gasteiger partial charge is 0.255 e. The van der Waals surface area contributed by atoms with Crippen LogP contribution in [0.3, 0.4) is 0 Å². The van der Waals surface area contributed by atoms with Gasteiger partial charge in [0, 0.05) is 17.1 Å². The van der Waals surface area contributed by atoms with Crippen LogP contribution in [0.2, 0.25) is 0 Å². The molecular formula is C30H31N5OS. The Labute approximate surface area is 222 Å². The number of carbonyl (C=O) groups excluding carboxylic acids is 1. The van der Waals surface area contributed by atoms with Crippen molar-refractivity contribution in [2.24, 2.45) is 0 Å². The average Bonchev–Trinajstić information content (AvgIpc) is 3.31. The van der Waals surface area contributed by atoms with E-state index in [0.29, 0.717) is 16.7 Å². The second-order valence-corrected chi connectivity index (χ2v) is 10.3. The van der Waals surface area contributed by atoms with Crippen molar-refractivity contribution in [2.45, 2.75) is 51.1 Å². The Morgan fingerprint density at radius 3 is 2.51 bits per heavy atom. The number of thioether (sulfide) groups is 1. The van der Waals surface area contributed by atoms with E-state index in [0.717, 1.165) is 29.1 Å². The summed E-state index contributed by atoms with van der Waals surface area (Å²) in [4.78, 5) is 18.4. The molecule has 188 valence electrons. The monoisotopic (exact) mass is 509 g/mol. The minimum atomic E-state index is -0.395. The molecule has 0 aliphatic carbocycles. The van der Waals surface area contributed by atoms with Gasteiger partial charge in [-0.3, -0.25) is 4.79 Å². The van der Waals surface area contributed by atoms with Crippen molar-refractivity contribution in [3.05, 3.63) is 112 Å². The maximum Gasteiger partial charge on any atom is 0.255 e. The van der Waals surface area contributed by atoms with Crippen molar-refractivity contribution in [1.82, 2.24) is 14.8 Å². The summed E-state index contributed by atoms with van der Waals surface area (Å²) in [5, 5.41) is 12.0. The van der Waals surface area contributed by atoms with E-state index in [1.807, 2.05) is 41.9 Å². The summed E-state index contributed by atoms with van der Waals surface area (Å²) in [6.07, 6.45) is 0.955. The number of hydrogen-bond donors (Lipinski definition) is 2. The Bertz CT molecular complexity index is 1460. The fourth-order valence-corrected chi connectivity index (χ4v) is 5.44. The number of amides is 1. The third-order valence-electron chi connectivity index (χ3n) is 6.67. The van der Waals surface area contributed by atoms with Crippen molar-refractivity contribution in [3.8, 4) is 0 Å². The fourth-order valence-electron chi connectivity index (χ4n) is 4.55. The van der Waals surface area contributed by atoms with Crippen LogP contribution in [-0.4, -0.2) is 20.7 Å². The number of aromatic nitrogens is 3. The number of fused-ring (bicyclic) bond motifs is 1. The van der Waals surface area contributed by atoms with Crippen LogP contribution in [-0.2, 0) is 17.0 Å². The van der Waals surface area contributed by atoms with Gasteiger partial charge in [0.15, 0.2) is 0 Å². The lowest BCUT2D eigenvalue weighted by Crippen LogP contribution is -2.31. The van der Waals surface area contributed by atoms with Crippen molar-refractivity contribution in [1.29, 1.82) is 0 Å². The molecule has 0 saturated heterocycles. The lowest BCUT2D eigenvalue weighted by molar-refractivity contribution is -0.113. The van der Waals surface area contributed by atoms with Crippen LogP contribution >= 0.6 is 11.8 Å². The Balaban J connectivity index is 1.49. The number of aryl methyl sites for hydroxylation is 3. The topological polar surface area (TPSA) is 71.8 Å². The standard InChI is InChI=1S/C30H31N5OS/c1-5-22-13-15-23(16-14-22)27-26(28(36)32-25-9-7-6-8-10-25)21(4)31-29-33-30(34-35(27)29)37-18-24-17-19(2)11-12-20(24)3/h6-17,27H,5,18H2,1-4H3,(H,32,36)(H,31,33,34). The molecule has 0 bridgehead atoms. The van der Waals surface area contributed by atoms with Gasteiger partial charge in [-0.2, -0.15) is 4.98 Å². The van der Waals surface area contributed by atoms with E-state index >= 15 is 0 Å². The van der Waals surface area contributed by atoms with E-state index in [1.54, 1.807) is 11.8 Å². The predicted octanol–water partition coefficient (Wildman–Crippen LogP) is 6.68. The quantitative estimate of drug-likeness (QED) is 0.272. The molecule has 2 N–H and O–H groups in total. The highest BCUT2D eigenvalue weighted by molar-refractivity contribution is 7.98. The average molecular weight is 510 g/mol. The van der Waals surface area contributed by atoms with Gasteiger partial charge >= 0.3 is 0 Å². The van der Waals surface area contributed by atoms with Crippen molar-refractivity contribution in [3.63, 3.8) is 0 Å². The lowest BCUT2D eigenvalue weighted by atomic mass is 9.94. The summed E-state index contributed by atoms with van der Waals surface area (Å²) in [7, 11) is 0. The number of hydrogen-bond acceptors (Lipinski definition) is 5. The SMILES string of the molecule is CCc1ccc(C2C(C(=O)Nc3ccccc3)=C(C)Nc3nc(SCc4cc(C)ccc4C)nn32)cc1. The normalized spacial score (nSPS) is 14.8. The Kier molecular flexibility index (Phi) is 7.15. The molecule has 4 aromatic rings. The van der Waals surface area contributed by atoms with E-state index in [4.69, 9.17) is 10.1 Å². The Morgan fingerprint density at radius 2 is 1.78 bits per heavy atom. The van der Waals surface area contributed by atoms with Crippen LogP contribution < -0.4 is 10.6 Å². The third-order valence-corrected chi connectivity index (χ3v) is 7.56. The molecule has 1 aliphatic rings. The molecule has 1 aliphatic heterocycles. The van der Waals surface area contributed by atoms with Gasteiger partial charge in [-0.15, -0.1) is 5.10 Å². The second-order valence-electron chi connectivity index (χ2n) is 9.36. The van der Waals surface area contributed by atoms with Crippen LogP contribution in [0.1, 0.15) is 47.7 Å². The molecule has 2 heterocycles. The molecule has 0 spiro atoms. The number of benzene rings is 3. The molecule has 1 aromatic heterocycles. The fraction of sp³-hybridized carbons (Fsp3) is 0.233. The Hall–Kier alpha value is -3.84. The second kappa shape index (κ2) is 10.6. The summed E-state index contributed by atoms with van der Waals surface area (Å²) in [6.45, 7) is 8.30. The molecule has 1 amide bonds. The molecule has 0 saturated carbocycles. The van der Waals surface area contributed by atoms with Crippen LogP contribution in [0.4, 0.5) is 11.6 Å². The third kappa shape index (κ3) is 5.32. The van der Waals surface area contributed by atoms with Gasteiger partial charge in [-0.1, -0.05) is 84.9 Å². The summed E-state index contributed by atoms with van der Waals surface area (Å²) in [5.41, 5.74) is 8.15. The maximum atomic E-state index is 13.6. The molecule has 6 nitrogen and oxygen atoms in total. The maximum absolute atomic E-state index is 13.6. The number of rotatable bonds is 7. The van der Waals surface area contributed by atoms with Crippen LogP contribution in [0.15, 0.2) is 89.2 Å². The Morgan fingerprint density at radius 1 is 1.03 bits per heavy atom. The number of allylic oxidation sites excluding steroid dienone is 1. The number of anilines is 2. The first-order valence-electron chi connectivity index (χ1n) is 12.5. The van der Waals surface area contributed by atoms with E-state index < -0.39 is 6.04 Å². The minimum absolute atomic E-state index is 0.161. The summed E-state index contributed by atoms with van der Waals surface area (Å²) in [6, 6.07) is 24.0. The van der Waals surface area contributed by atoms with Crippen LogP contribution in [0.25, 0.3) is 0 Å². The number of nitrogens with one attached hydrogen (secondary N) is 2. The van der Waals surface area contributed by atoms with Crippen LogP contribution in [0.5, 0.6) is 0 Å². The highest BCUT2D eigenvalue weighted by atomic mass is 32.2. The number of carbonyl (C=O) groups is 1. The zero-order valence-corrected chi connectivity index (χ0v) is 22.4. The minimum Gasteiger partial charge on any atom is -0.328 e. The molecule has 0 fully saturated rings. The first-order valence-corrected chi connectivity index (χ1v) is 13.5. The van der Waals surface area contributed by atoms with E-state index in [-0.39, 0.29) is 5.91 Å². The first kappa shape index (κ1) is 24.8. The molecule has 37 heavy (non-hydrogen) atoms. The van der Waals surface area contributed by atoms with Gasteiger partial charge in [0.05, 0.1) is 5.57 Å². The lowest BCUT2D eigenvalue weighted by Gasteiger charge is -2.28. The molecule has 3 aromatic carbocycles. The van der Waals surface area contributed by atoms with Gasteiger partial charge < -0.3 is 10.6 Å². The zero-order chi connectivity index (χ0) is 25.9. The van der Waals surface area contributed by atoms with Crippen molar-refractivity contribution >= 4 is 29.3 Å². The molecule has 5 rings (SSSR count). The number of para-hydroxylation sites is 1. The van der Waals surface area contributed by atoms with Gasteiger partial charge in [0.2, 0.25) is 11.1 Å². The van der Waals surface area contributed by atoms with Gasteiger partial charge in [-0.25, -0.2) is 4.68 Å². The zero-order valence-electron chi connectivity index (χ0n) is 21.6. The largest absolute Gasteiger partial charge is 0.328 e. The molecular weight excluding hydrogens is 478 g/mol. The molecule has 1 atom stereocenters. The molecule has 0 radical (unpaired) electrons. The van der Waals surface area contributed by atoms with Crippen molar-refractivity contribution < 1.29 is 4.79 Å². The molecule has 7 heteroatoms. The number of nitrogens with zero attached hydrogens (tertiary/aromatic N) is 3.